The van der Waals surface area contributed by atoms with Gasteiger partial charge in [-0.05, 0) is 79.5 Å². The van der Waals surface area contributed by atoms with Crippen molar-refractivity contribution in [1.82, 2.24) is 0 Å². The van der Waals surface area contributed by atoms with Crippen molar-refractivity contribution < 1.29 is 4.74 Å². The third-order valence-corrected chi connectivity index (χ3v) is 5.64. The highest BCUT2D eigenvalue weighted by molar-refractivity contribution is 5.45. The van der Waals surface area contributed by atoms with Gasteiger partial charge in [-0.1, -0.05) is 50.2 Å². The Morgan fingerprint density at radius 3 is 1.96 bits per heavy atom. The van der Waals surface area contributed by atoms with E-state index in [4.69, 9.17) is 4.74 Å². The fourth-order valence-corrected chi connectivity index (χ4v) is 3.93. The average molecular weight is 347 g/mol. The number of unbranched alkanes of at least 4 members (excludes halogenated alkanes) is 1. The fraction of sp³-hybridized carbons (Fsp3) is 0.440. The molecular weight excluding hydrogens is 316 g/mol. The lowest BCUT2D eigenvalue weighted by atomic mass is 9.77. The average Bonchev–Trinajstić information content (AvgIpc) is 2.72. The van der Waals surface area contributed by atoms with Gasteiger partial charge in [0.05, 0.1) is 7.11 Å². The summed E-state index contributed by atoms with van der Waals surface area (Å²) in [6.07, 6.45) is 9.68. The summed E-state index contributed by atoms with van der Waals surface area (Å²) < 4.78 is 5.18. The van der Waals surface area contributed by atoms with E-state index in [0.29, 0.717) is 0 Å². The van der Waals surface area contributed by atoms with Gasteiger partial charge in [-0.25, -0.2) is 0 Å². The van der Waals surface area contributed by atoms with E-state index < -0.39 is 0 Å². The van der Waals surface area contributed by atoms with E-state index in [0.717, 1.165) is 28.7 Å². The molecule has 0 heterocycles. The Kier molecular flexibility index (Phi) is 6.78. The monoisotopic (exact) mass is 346 g/mol. The second kappa shape index (κ2) is 9.48. The molecule has 0 bridgehead atoms. The smallest absolute Gasteiger partial charge is 0.118 e. The first-order valence-electron chi connectivity index (χ1n) is 10.0. The summed E-state index contributed by atoms with van der Waals surface area (Å²) in [5.74, 6) is 9.08. The first kappa shape index (κ1) is 18.6. The first-order chi connectivity index (χ1) is 12.8. The number of rotatable bonds is 5. The Morgan fingerprint density at radius 1 is 0.846 bits per heavy atom. The van der Waals surface area contributed by atoms with Gasteiger partial charge in [0.2, 0.25) is 0 Å². The molecular formula is C25H30O. The molecule has 1 aliphatic rings. The second-order valence-electron chi connectivity index (χ2n) is 7.46. The van der Waals surface area contributed by atoms with Crippen LogP contribution in [0.1, 0.15) is 74.5 Å². The molecule has 3 rings (SSSR count). The Labute approximate surface area is 158 Å². The SMILES string of the molecule is CCCC[C@H]1CC[C@H](c2ccc(C#Cc3ccc(OC)cc3)cc2)CC1. The summed E-state index contributed by atoms with van der Waals surface area (Å²) in [5.41, 5.74) is 3.59. The molecule has 1 aliphatic carbocycles. The van der Waals surface area contributed by atoms with Gasteiger partial charge in [0, 0.05) is 11.1 Å². The molecule has 0 amide bonds. The van der Waals surface area contributed by atoms with E-state index in [-0.39, 0.29) is 0 Å². The topological polar surface area (TPSA) is 9.23 Å². The molecule has 1 saturated carbocycles. The maximum absolute atomic E-state index is 5.18. The minimum absolute atomic E-state index is 0.747. The van der Waals surface area contributed by atoms with Gasteiger partial charge in [-0.2, -0.15) is 0 Å². The van der Waals surface area contributed by atoms with Crippen LogP contribution in [0, 0.1) is 17.8 Å². The van der Waals surface area contributed by atoms with Gasteiger partial charge in [0.25, 0.3) is 0 Å². The highest BCUT2D eigenvalue weighted by Crippen LogP contribution is 2.37. The number of hydrogen-bond acceptors (Lipinski definition) is 1. The van der Waals surface area contributed by atoms with E-state index in [9.17, 15) is 0 Å². The van der Waals surface area contributed by atoms with Crippen LogP contribution < -0.4 is 4.74 Å². The van der Waals surface area contributed by atoms with Crippen molar-refractivity contribution in [1.29, 1.82) is 0 Å². The zero-order chi connectivity index (χ0) is 18.2. The minimum Gasteiger partial charge on any atom is -0.497 e. The van der Waals surface area contributed by atoms with Crippen LogP contribution >= 0.6 is 0 Å². The summed E-state index contributed by atoms with van der Waals surface area (Å²) in [6, 6.07) is 16.8. The molecule has 0 N–H and O–H groups in total. The Balaban J connectivity index is 1.56. The molecule has 0 radical (unpaired) electrons. The van der Waals surface area contributed by atoms with Crippen LogP contribution in [0.3, 0.4) is 0 Å². The Hall–Kier alpha value is -2.20. The number of ether oxygens (including phenoxy) is 1. The summed E-state index contributed by atoms with van der Waals surface area (Å²) >= 11 is 0. The van der Waals surface area contributed by atoms with Crippen molar-refractivity contribution in [3.8, 4) is 17.6 Å². The Bertz CT molecular complexity index is 722. The highest BCUT2D eigenvalue weighted by atomic mass is 16.5. The van der Waals surface area contributed by atoms with Gasteiger partial charge in [-0.3, -0.25) is 0 Å². The van der Waals surface area contributed by atoms with E-state index >= 15 is 0 Å². The van der Waals surface area contributed by atoms with Crippen molar-refractivity contribution in [2.45, 2.75) is 57.8 Å². The van der Waals surface area contributed by atoms with E-state index in [1.165, 1.54) is 50.5 Å². The second-order valence-corrected chi connectivity index (χ2v) is 7.46. The molecule has 0 spiro atoms. The number of benzene rings is 2. The largest absolute Gasteiger partial charge is 0.497 e. The number of methoxy groups -OCH3 is 1. The van der Waals surface area contributed by atoms with Crippen LogP contribution in [0.15, 0.2) is 48.5 Å². The molecule has 2 aromatic carbocycles. The zero-order valence-electron chi connectivity index (χ0n) is 16.1. The predicted octanol–water partition coefficient (Wildman–Crippen LogP) is 6.56. The summed E-state index contributed by atoms with van der Waals surface area (Å²) in [7, 11) is 1.68. The molecule has 0 saturated heterocycles. The van der Waals surface area contributed by atoms with Crippen LogP contribution in [-0.2, 0) is 0 Å². The van der Waals surface area contributed by atoms with Crippen molar-refractivity contribution in [2.75, 3.05) is 7.11 Å². The van der Waals surface area contributed by atoms with Gasteiger partial charge < -0.3 is 4.74 Å². The number of hydrogen-bond donors (Lipinski definition) is 0. The molecule has 1 heteroatoms. The van der Waals surface area contributed by atoms with Gasteiger partial charge in [-0.15, -0.1) is 0 Å². The molecule has 26 heavy (non-hydrogen) atoms. The third-order valence-electron chi connectivity index (χ3n) is 5.64. The summed E-state index contributed by atoms with van der Waals surface area (Å²) in [5, 5.41) is 0. The lowest BCUT2D eigenvalue weighted by Crippen LogP contribution is -2.13. The van der Waals surface area contributed by atoms with Gasteiger partial charge >= 0.3 is 0 Å². The quantitative estimate of drug-likeness (QED) is 0.557. The maximum atomic E-state index is 5.18. The normalized spacial score (nSPS) is 19.5. The zero-order valence-corrected chi connectivity index (χ0v) is 16.1. The van der Waals surface area contributed by atoms with E-state index in [2.05, 4.69) is 43.0 Å². The lowest BCUT2D eigenvalue weighted by molar-refractivity contribution is 0.304. The highest BCUT2D eigenvalue weighted by Gasteiger charge is 2.21. The maximum Gasteiger partial charge on any atom is 0.118 e. The molecule has 1 nitrogen and oxygen atoms in total. The standard InChI is InChI=1S/C25H30O/c1-3-4-5-20-8-14-23(15-9-20)24-16-10-21(11-17-24)6-7-22-12-18-25(26-2)19-13-22/h10-13,16-20,23H,3-5,8-9,14-15H2,1-2H3/t20-,23-. The minimum atomic E-state index is 0.747. The molecule has 1 fully saturated rings. The van der Waals surface area contributed by atoms with Crippen molar-refractivity contribution in [3.63, 3.8) is 0 Å². The molecule has 2 aromatic rings. The van der Waals surface area contributed by atoms with Crippen LogP contribution in [0.5, 0.6) is 5.75 Å². The van der Waals surface area contributed by atoms with Crippen molar-refractivity contribution in [2.24, 2.45) is 5.92 Å². The van der Waals surface area contributed by atoms with E-state index in [1.807, 2.05) is 24.3 Å². The first-order valence-corrected chi connectivity index (χ1v) is 10.0. The van der Waals surface area contributed by atoms with Crippen LogP contribution in [-0.4, -0.2) is 7.11 Å². The van der Waals surface area contributed by atoms with Crippen molar-refractivity contribution >= 4 is 0 Å². The molecule has 0 atom stereocenters. The molecule has 136 valence electrons. The summed E-state index contributed by atoms with van der Waals surface area (Å²) in [4.78, 5) is 0. The van der Waals surface area contributed by atoms with Crippen molar-refractivity contribution in [3.05, 3.63) is 65.2 Å². The molecule has 0 aliphatic heterocycles. The van der Waals surface area contributed by atoms with Crippen LogP contribution in [0.4, 0.5) is 0 Å². The fourth-order valence-electron chi connectivity index (χ4n) is 3.93. The van der Waals surface area contributed by atoms with E-state index in [1.54, 1.807) is 7.11 Å². The third kappa shape index (κ3) is 5.15. The van der Waals surface area contributed by atoms with Crippen LogP contribution in [0.2, 0.25) is 0 Å². The summed E-state index contributed by atoms with van der Waals surface area (Å²) in [6.45, 7) is 2.30. The lowest BCUT2D eigenvalue weighted by Gasteiger charge is -2.28. The predicted molar refractivity (Wildman–Crippen MR) is 110 cm³/mol. The Morgan fingerprint density at radius 2 is 1.42 bits per heavy atom. The molecule has 0 unspecified atom stereocenters. The molecule has 0 aromatic heterocycles. The van der Waals surface area contributed by atoms with Gasteiger partial charge in [0.15, 0.2) is 0 Å². The van der Waals surface area contributed by atoms with Crippen LogP contribution in [0.25, 0.3) is 0 Å². The van der Waals surface area contributed by atoms with Gasteiger partial charge in [0.1, 0.15) is 5.75 Å².